The number of β-lactam (4-membered cyclic amide) rings is 1. The Morgan fingerprint density at radius 3 is 2.44 bits per heavy atom. The summed E-state index contributed by atoms with van der Waals surface area (Å²) in [5.74, 6) is -2.57. The summed E-state index contributed by atoms with van der Waals surface area (Å²) in [5.41, 5.74) is 2.37. The first kappa shape index (κ1) is 20.8. The summed E-state index contributed by atoms with van der Waals surface area (Å²) < 4.78 is 21.6. The molecule has 11 heteroatoms. The van der Waals surface area contributed by atoms with Gasteiger partial charge in [0, 0.05) is 29.3 Å². The molecule has 0 aliphatic carbocycles. The van der Waals surface area contributed by atoms with E-state index in [1.165, 1.54) is 24.3 Å². The maximum atomic E-state index is 12.0. The number of carbonyl (C=O) groups excluding carboxylic acids is 2. The number of carbonyl (C=O) groups is 3. The molecule has 27 heavy (non-hydrogen) atoms. The number of carboxylic acid groups (broad SMARTS) is 1. The highest BCUT2D eigenvalue weighted by molar-refractivity contribution is 7.75. The van der Waals surface area contributed by atoms with Crippen molar-refractivity contribution in [1.82, 2.24) is 10.3 Å². The van der Waals surface area contributed by atoms with Crippen LogP contribution in [0.4, 0.5) is 0 Å². The second-order valence-corrected chi connectivity index (χ2v) is 8.20. The maximum absolute atomic E-state index is 12.0. The van der Waals surface area contributed by atoms with E-state index in [1.807, 2.05) is 0 Å². The summed E-state index contributed by atoms with van der Waals surface area (Å²) >= 11 is 5.74. The van der Waals surface area contributed by atoms with Crippen LogP contribution >= 0.6 is 11.6 Å². The van der Waals surface area contributed by atoms with E-state index >= 15 is 0 Å². The lowest BCUT2D eigenvalue weighted by atomic mass is 9.92. The first-order valence-electron chi connectivity index (χ1n) is 7.86. The molecule has 146 valence electrons. The number of halogens is 1. The number of nitrogens with one attached hydrogen (secondary N) is 1. The molecule has 2 N–H and O–H groups in total. The number of likely N-dealkylation sites (tertiary alicyclic amines) is 1. The maximum Gasteiger partial charge on any atom is 0.328 e. The minimum Gasteiger partial charge on any atom is -0.480 e. The Balaban J connectivity index is 2.25. The first-order chi connectivity index (χ1) is 12.6. The van der Waals surface area contributed by atoms with Gasteiger partial charge in [0.05, 0.1) is 0 Å². The second-order valence-electron chi connectivity index (χ2n) is 6.28. The number of benzene rings is 1. The van der Waals surface area contributed by atoms with Gasteiger partial charge < -0.3 is 10.0 Å². The van der Waals surface area contributed by atoms with Gasteiger partial charge in [0.1, 0.15) is 4.75 Å². The number of aliphatic carboxylic acids is 1. The van der Waals surface area contributed by atoms with Crippen LogP contribution < -0.4 is 5.43 Å². The third-order valence-electron chi connectivity index (χ3n) is 4.29. The molecule has 2 amide bonds. The number of rotatable bonds is 7. The summed E-state index contributed by atoms with van der Waals surface area (Å²) in [5, 5.41) is 13.6. The smallest absolute Gasteiger partial charge is 0.328 e. The lowest BCUT2D eigenvalue weighted by Crippen LogP contribution is -2.66. The van der Waals surface area contributed by atoms with E-state index in [4.69, 9.17) is 11.6 Å². The summed E-state index contributed by atoms with van der Waals surface area (Å²) in [7, 11) is -3.34. The molecule has 0 aromatic heterocycles. The van der Waals surface area contributed by atoms with Gasteiger partial charge in [-0.3, -0.25) is 9.59 Å². The molecule has 0 unspecified atom stereocenters. The van der Waals surface area contributed by atoms with Crippen LogP contribution in [0, 0.1) is 0 Å². The number of hydrazone groups is 1. The van der Waals surface area contributed by atoms with Crippen LogP contribution in [0.1, 0.15) is 30.6 Å². The third kappa shape index (κ3) is 4.28. The van der Waals surface area contributed by atoms with Crippen LogP contribution in [-0.4, -0.2) is 59.3 Å². The molecule has 1 aromatic carbocycles. The van der Waals surface area contributed by atoms with Crippen molar-refractivity contribution >= 4 is 46.3 Å². The molecule has 1 aliphatic heterocycles. The summed E-state index contributed by atoms with van der Waals surface area (Å²) in [4.78, 5) is 36.5. The molecule has 0 saturated carbocycles. The molecule has 1 aliphatic rings. The number of hydrogen-bond acceptors (Lipinski definition) is 6. The molecule has 9 nitrogen and oxygen atoms in total. The van der Waals surface area contributed by atoms with Crippen LogP contribution in [0.5, 0.6) is 0 Å². The number of hydrogen-bond donors (Lipinski definition) is 3. The van der Waals surface area contributed by atoms with Crippen LogP contribution in [-0.2, 0) is 20.3 Å². The fourth-order valence-corrected chi connectivity index (χ4v) is 3.46. The number of amides is 2. The van der Waals surface area contributed by atoms with Crippen molar-refractivity contribution in [1.29, 1.82) is 0 Å². The van der Waals surface area contributed by atoms with Gasteiger partial charge in [-0.25, -0.2) is 18.6 Å². The van der Waals surface area contributed by atoms with Crippen LogP contribution in [0.15, 0.2) is 29.4 Å². The number of carboxylic acids is 1. The highest BCUT2D eigenvalue weighted by Crippen LogP contribution is 2.29. The number of thiol groups is 1. The molecule has 1 fully saturated rings. The second kappa shape index (κ2) is 8.05. The predicted molar refractivity (Wildman–Crippen MR) is 98.5 cm³/mol. The standard InChI is InChI=1S/C16H18ClN3O6S/c1-9-7-12(21)20(9)13(15(23)24)16(2,27(25)26)8-18-19-14(22)10-3-5-11(17)6-4-10/h3-6,8-9,13,27H,7H2,1-2H3,(H,19,22)(H,23,24)/b18-8+/t9-,13+,16+/m1/s1. The van der Waals surface area contributed by atoms with E-state index < -0.39 is 45.3 Å². The van der Waals surface area contributed by atoms with Crippen molar-refractivity contribution in [3.63, 3.8) is 0 Å². The summed E-state index contributed by atoms with van der Waals surface area (Å²) in [6.45, 7) is 2.75. The molecule has 0 radical (unpaired) electrons. The molecular formula is C16H18ClN3O6S. The largest absolute Gasteiger partial charge is 0.480 e. The van der Waals surface area contributed by atoms with Gasteiger partial charge >= 0.3 is 5.97 Å². The Labute approximate surface area is 161 Å². The van der Waals surface area contributed by atoms with Crippen molar-refractivity contribution in [2.75, 3.05) is 0 Å². The van der Waals surface area contributed by atoms with Gasteiger partial charge in [-0.1, -0.05) is 11.6 Å². The zero-order valence-corrected chi connectivity index (χ0v) is 16.1. The van der Waals surface area contributed by atoms with E-state index in [-0.39, 0.29) is 12.0 Å². The van der Waals surface area contributed by atoms with E-state index in [9.17, 15) is 27.9 Å². The van der Waals surface area contributed by atoms with Crippen molar-refractivity contribution in [3.05, 3.63) is 34.9 Å². The zero-order valence-electron chi connectivity index (χ0n) is 14.5. The fraction of sp³-hybridized carbons (Fsp3) is 0.375. The predicted octanol–water partition coefficient (Wildman–Crippen LogP) is 0.500. The molecule has 3 atom stereocenters. The Bertz CT molecular complexity index is 861. The van der Waals surface area contributed by atoms with Gasteiger partial charge in [-0.15, -0.1) is 0 Å². The quantitative estimate of drug-likeness (QED) is 0.257. The minimum absolute atomic E-state index is 0.139. The Kier molecular flexibility index (Phi) is 6.22. The summed E-state index contributed by atoms with van der Waals surface area (Å²) in [6.07, 6.45) is 0.962. The third-order valence-corrected chi connectivity index (χ3v) is 5.69. The van der Waals surface area contributed by atoms with Gasteiger partial charge in [0.25, 0.3) is 5.91 Å². The van der Waals surface area contributed by atoms with E-state index in [2.05, 4.69) is 10.5 Å². The Hall–Kier alpha value is -2.46. The van der Waals surface area contributed by atoms with Gasteiger partial charge in [0.2, 0.25) is 5.91 Å². The topological polar surface area (TPSA) is 133 Å². The van der Waals surface area contributed by atoms with E-state index in [1.54, 1.807) is 6.92 Å². The van der Waals surface area contributed by atoms with Crippen molar-refractivity contribution < 1.29 is 27.9 Å². The average molecular weight is 416 g/mol. The Morgan fingerprint density at radius 2 is 2.00 bits per heavy atom. The average Bonchev–Trinajstić information content (AvgIpc) is 2.59. The van der Waals surface area contributed by atoms with Crippen molar-refractivity contribution in [2.45, 2.75) is 37.1 Å². The molecular weight excluding hydrogens is 398 g/mol. The monoisotopic (exact) mass is 415 g/mol. The van der Waals surface area contributed by atoms with Crippen LogP contribution in [0.2, 0.25) is 5.02 Å². The van der Waals surface area contributed by atoms with E-state index in [0.717, 1.165) is 18.0 Å². The highest BCUT2D eigenvalue weighted by Gasteiger charge is 2.52. The number of nitrogens with zero attached hydrogens (tertiary/aromatic N) is 2. The molecule has 1 saturated heterocycles. The fourth-order valence-electron chi connectivity index (χ4n) is 2.74. The lowest BCUT2D eigenvalue weighted by Gasteiger charge is -2.45. The lowest BCUT2D eigenvalue weighted by molar-refractivity contribution is -0.161. The molecule has 0 bridgehead atoms. The SMILES string of the molecule is C[C@@H]1CC(=O)N1[C@@H](C(=O)O)[C@](C)(/C=N/NC(=O)c1ccc(Cl)cc1)[SH](=O)=O. The molecule has 0 spiro atoms. The molecule has 1 aromatic rings. The van der Waals surface area contributed by atoms with Gasteiger partial charge in [-0.05, 0) is 38.1 Å². The van der Waals surface area contributed by atoms with Crippen molar-refractivity contribution in [3.8, 4) is 0 Å². The van der Waals surface area contributed by atoms with Gasteiger partial charge in [0.15, 0.2) is 16.7 Å². The minimum atomic E-state index is -3.34. The zero-order chi connectivity index (χ0) is 20.4. The Morgan fingerprint density at radius 1 is 1.41 bits per heavy atom. The van der Waals surface area contributed by atoms with Gasteiger partial charge in [-0.2, -0.15) is 5.10 Å². The first-order valence-corrected chi connectivity index (χ1v) is 9.42. The van der Waals surface area contributed by atoms with Crippen LogP contribution in [0.3, 0.4) is 0 Å². The van der Waals surface area contributed by atoms with E-state index in [0.29, 0.717) is 5.02 Å². The molecule has 1 heterocycles. The highest BCUT2D eigenvalue weighted by atomic mass is 35.5. The molecule has 2 rings (SSSR count). The van der Waals surface area contributed by atoms with Crippen molar-refractivity contribution in [2.24, 2.45) is 5.10 Å². The normalized spacial score (nSPS) is 20.2. The summed E-state index contributed by atoms with van der Waals surface area (Å²) in [6, 6.07) is 3.81. The van der Waals surface area contributed by atoms with Crippen LogP contribution in [0.25, 0.3) is 0 Å².